The summed E-state index contributed by atoms with van der Waals surface area (Å²) in [6, 6.07) is 14.6. The van der Waals surface area contributed by atoms with Crippen molar-refractivity contribution in [3.63, 3.8) is 0 Å². The molecule has 0 saturated carbocycles. The standard InChI is InChI=1S/C23H23N7O2S/c1-16(17-5-9-20(10-6-17)30-12-11-24-14-30)26-22(32)18-3-7-19(8-4-18)27-21(31)13-33-23-28-25-15-29(23)2/h3-12,14-16H,13H2,1-2H3,(H,26,32)(H,27,31)/t16-/m1/s1. The average Bonchev–Trinajstić information content (AvgIpc) is 3.50. The Hall–Kier alpha value is -3.92. The number of anilines is 1. The molecule has 33 heavy (non-hydrogen) atoms. The van der Waals surface area contributed by atoms with E-state index in [1.165, 1.54) is 11.8 Å². The van der Waals surface area contributed by atoms with Gasteiger partial charge in [0.05, 0.1) is 18.1 Å². The molecule has 9 nitrogen and oxygen atoms in total. The van der Waals surface area contributed by atoms with Crippen LogP contribution in [0.4, 0.5) is 5.69 Å². The van der Waals surface area contributed by atoms with Gasteiger partial charge in [0.1, 0.15) is 6.33 Å². The summed E-state index contributed by atoms with van der Waals surface area (Å²) in [4.78, 5) is 28.9. The number of benzene rings is 2. The van der Waals surface area contributed by atoms with Crippen LogP contribution in [0.5, 0.6) is 0 Å². The van der Waals surface area contributed by atoms with Crippen molar-refractivity contribution in [3.05, 3.63) is 84.7 Å². The van der Waals surface area contributed by atoms with Crippen LogP contribution in [0.15, 0.2) is 78.7 Å². The Kier molecular flexibility index (Phi) is 6.84. The molecule has 4 aromatic rings. The second-order valence-corrected chi connectivity index (χ2v) is 8.34. The predicted octanol–water partition coefficient (Wildman–Crippen LogP) is 3.22. The van der Waals surface area contributed by atoms with Gasteiger partial charge in [-0.1, -0.05) is 23.9 Å². The number of nitrogens with zero attached hydrogens (tertiary/aromatic N) is 5. The Morgan fingerprint density at radius 3 is 2.45 bits per heavy atom. The molecule has 0 spiro atoms. The molecule has 2 amide bonds. The third kappa shape index (κ3) is 5.66. The molecule has 0 radical (unpaired) electrons. The van der Waals surface area contributed by atoms with Crippen molar-refractivity contribution >= 4 is 29.3 Å². The van der Waals surface area contributed by atoms with Crippen molar-refractivity contribution in [1.82, 2.24) is 29.6 Å². The molecule has 0 fully saturated rings. The number of hydrogen-bond donors (Lipinski definition) is 2. The number of nitrogens with one attached hydrogen (secondary N) is 2. The highest BCUT2D eigenvalue weighted by atomic mass is 32.2. The zero-order valence-corrected chi connectivity index (χ0v) is 19.0. The molecule has 0 saturated heterocycles. The zero-order valence-electron chi connectivity index (χ0n) is 18.2. The van der Waals surface area contributed by atoms with Crippen LogP contribution in [-0.2, 0) is 11.8 Å². The Labute approximate surface area is 195 Å². The molecule has 2 N–H and O–H groups in total. The third-order valence-corrected chi connectivity index (χ3v) is 6.01. The molecular formula is C23H23N7O2S. The monoisotopic (exact) mass is 461 g/mol. The van der Waals surface area contributed by atoms with Crippen LogP contribution in [0.3, 0.4) is 0 Å². The zero-order chi connectivity index (χ0) is 23.2. The second kappa shape index (κ2) is 10.1. The van der Waals surface area contributed by atoms with Gasteiger partial charge in [0.2, 0.25) is 5.91 Å². The van der Waals surface area contributed by atoms with E-state index in [1.54, 1.807) is 47.7 Å². The molecule has 0 bridgehead atoms. The van der Waals surface area contributed by atoms with Crippen molar-refractivity contribution in [2.45, 2.75) is 18.1 Å². The fraction of sp³-hybridized carbons (Fsp3) is 0.174. The lowest BCUT2D eigenvalue weighted by molar-refractivity contribution is -0.113. The van der Waals surface area contributed by atoms with E-state index in [-0.39, 0.29) is 23.6 Å². The minimum Gasteiger partial charge on any atom is -0.346 e. The van der Waals surface area contributed by atoms with E-state index in [1.807, 2.05) is 49.0 Å². The van der Waals surface area contributed by atoms with Crippen molar-refractivity contribution in [2.75, 3.05) is 11.1 Å². The Bertz CT molecular complexity index is 1220. The first-order valence-corrected chi connectivity index (χ1v) is 11.2. The SMILES string of the molecule is C[C@@H](NC(=O)c1ccc(NC(=O)CSc2nncn2C)cc1)c1ccc(-n2ccnc2)cc1. The fourth-order valence-corrected chi connectivity index (χ4v) is 3.83. The first-order chi connectivity index (χ1) is 16.0. The van der Waals surface area contributed by atoms with E-state index in [2.05, 4.69) is 25.8 Å². The van der Waals surface area contributed by atoms with Gasteiger partial charge in [-0.3, -0.25) is 9.59 Å². The summed E-state index contributed by atoms with van der Waals surface area (Å²) in [5.74, 6) is -0.129. The van der Waals surface area contributed by atoms with Gasteiger partial charge in [0.25, 0.3) is 5.91 Å². The number of aryl methyl sites for hydroxylation is 1. The van der Waals surface area contributed by atoms with Gasteiger partial charge >= 0.3 is 0 Å². The first kappa shape index (κ1) is 22.3. The van der Waals surface area contributed by atoms with E-state index in [0.717, 1.165) is 11.3 Å². The molecule has 1 atom stereocenters. The smallest absolute Gasteiger partial charge is 0.251 e. The molecule has 0 aliphatic carbocycles. The summed E-state index contributed by atoms with van der Waals surface area (Å²) in [5, 5.41) is 14.2. The molecule has 10 heteroatoms. The van der Waals surface area contributed by atoms with Crippen LogP contribution >= 0.6 is 11.8 Å². The number of carbonyl (C=O) groups is 2. The van der Waals surface area contributed by atoms with Crippen molar-refractivity contribution in [1.29, 1.82) is 0 Å². The van der Waals surface area contributed by atoms with Gasteiger partial charge < -0.3 is 19.8 Å². The van der Waals surface area contributed by atoms with Crippen molar-refractivity contribution < 1.29 is 9.59 Å². The summed E-state index contributed by atoms with van der Waals surface area (Å²) in [6.45, 7) is 1.94. The summed E-state index contributed by atoms with van der Waals surface area (Å²) in [5.41, 5.74) is 3.14. The lowest BCUT2D eigenvalue weighted by Crippen LogP contribution is -2.26. The molecule has 0 aliphatic rings. The summed E-state index contributed by atoms with van der Waals surface area (Å²) in [6.07, 6.45) is 6.93. The van der Waals surface area contributed by atoms with Gasteiger partial charge in [-0.2, -0.15) is 0 Å². The largest absolute Gasteiger partial charge is 0.346 e. The molecule has 2 aromatic heterocycles. The highest BCUT2D eigenvalue weighted by Gasteiger charge is 2.13. The Balaban J connectivity index is 1.29. The van der Waals surface area contributed by atoms with Crippen LogP contribution in [0.2, 0.25) is 0 Å². The van der Waals surface area contributed by atoms with Crippen LogP contribution in [0.1, 0.15) is 28.9 Å². The maximum atomic E-state index is 12.7. The molecular weight excluding hydrogens is 438 g/mol. The quantitative estimate of drug-likeness (QED) is 0.390. The van der Waals surface area contributed by atoms with E-state index >= 15 is 0 Å². The van der Waals surface area contributed by atoms with Gasteiger partial charge in [-0.15, -0.1) is 10.2 Å². The van der Waals surface area contributed by atoms with E-state index in [0.29, 0.717) is 16.4 Å². The maximum Gasteiger partial charge on any atom is 0.251 e. The molecule has 2 aromatic carbocycles. The summed E-state index contributed by atoms with van der Waals surface area (Å²) in [7, 11) is 1.82. The number of aromatic nitrogens is 5. The number of hydrogen-bond acceptors (Lipinski definition) is 6. The second-order valence-electron chi connectivity index (χ2n) is 7.40. The number of imidazole rings is 1. The molecule has 4 rings (SSSR count). The minimum absolute atomic E-state index is 0.159. The highest BCUT2D eigenvalue weighted by molar-refractivity contribution is 7.99. The number of rotatable bonds is 8. The van der Waals surface area contributed by atoms with Gasteiger partial charge in [0, 0.05) is 36.4 Å². The summed E-state index contributed by atoms with van der Waals surface area (Å²) >= 11 is 1.30. The number of carbonyl (C=O) groups excluding carboxylic acids is 2. The van der Waals surface area contributed by atoms with E-state index < -0.39 is 0 Å². The van der Waals surface area contributed by atoms with Crippen molar-refractivity contribution in [3.8, 4) is 5.69 Å². The minimum atomic E-state index is -0.183. The van der Waals surface area contributed by atoms with Gasteiger partial charge in [0.15, 0.2) is 5.16 Å². The molecule has 0 unspecified atom stereocenters. The average molecular weight is 462 g/mol. The van der Waals surface area contributed by atoms with Crippen LogP contribution in [0.25, 0.3) is 5.69 Å². The first-order valence-electron chi connectivity index (χ1n) is 10.3. The molecule has 168 valence electrons. The lowest BCUT2D eigenvalue weighted by Gasteiger charge is -2.15. The van der Waals surface area contributed by atoms with Crippen molar-refractivity contribution in [2.24, 2.45) is 7.05 Å². The third-order valence-electron chi connectivity index (χ3n) is 4.98. The van der Waals surface area contributed by atoms with Crippen LogP contribution < -0.4 is 10.6 Å². The fourth-order valence-electron chi connectivity index (χ4n) is 3.15. The molecule has 2 heterocycles. The normalized spacial score (nSPS) is 11.7. The van der Waals surface area contributed by atoms with Crippen LogP contribution in [-0.4, -0.2) is 41.9 Å². The van der Waals surface area contributed by atoms with E-state index in [4.69, 9.17) is 0 Å². The topological polar surface area (TPSA) is 107 Å². The maximum absolute atomic E-state index is 12.7. The van der Waals surface area contributed by atoms with Gasteiger partial charge in [-0.25, -0.2) is 4.98 Å². The van der Waals surface area contributed by atoms with Crippen LogP contribution in [0, 0.1) is 0 Å². The number of amides is 2. The number of thioether (sulfide) groups is 1. The Morgan fingerprint density at radius 1 is 1.06 bits per heavy atom. The predicted molar refractivity (Wildman–Crippen MR) is 126 cm³/mol. The molecule has 0 aliphatic heterocycles. The van der Waals surface area contributed by atoms with E-state index in [9.17, 15) is 9.59 Å². The Morgan fingerprint density at radius 2 is 1.82 bits per heavy atom. The lowest BCUT2D eigenvalue weighted by atomic mass is 10.1. The summed E-state index contributed by atoms with van der Waals surface area (Å²) < 4.78 is 3.67. The highest BCUT2D eigenvalue weighted by Crippen LogP contribution is 2.18. The van der Waals surface area contributed by atoms with Gasteiger partial charge in [-0.05, 0) is 48.9 Å².